The van der Waals surface area contributed by atoms with Gasteiger partial charge in [-0.1, -0.05) is 37.6 Å². The van der Waals surface area contributed by atoms with Gasteiger partial charge in [-0.05, 0) is 92.4 Å². The van der Waals surface area contributed by atoms with Crippen molar-refractivity contribution in [3.8, 4) is 5.75 Å². The zero-order valence-electron chi connectivity index (χ0n) is 26.1. The SMILES string of the molecule is CC12C=CC(=O)C=C1CC[C@H]1C2C(O)CC2(C)C1CCC21CCN(CCCCNC(=O)COc2cccc3c2COC3)C1=O. The Morgan fingerprint density at radius 3 is 2.89 bits per heavy atom. The Balaban J connectivity index is 0.919. The van der Waals surface area contributed by atoms with Gasteiger partial charge in [0.25, 0.3) is 5.91 Å². The standard InChI is InChI=1S/C36H46N2O6/c1-34-12-10-25(39)18-24(34)8-9-26-28-11-13-36(35(28,2)19-29(40)32(26)34)14-17-38(33(36)42)16-4-3-15-37-31(41)22-44-30-7-5-6-23-20-43-21-27(23)30/h5-7,10,12,18,26,28-29,32,40H,3-4,8-9,11,13-17,19-22H2,1-2H3,(H,37,41)/t26-,28?,29?,32?,34?,35?,36?/m1/s1. The third kappa shape index (κ3) is 4.58. The van der Waals surface area contributed by atoms with E-state index in [-0.39, 0.29) is 41.0 Å². The molecule has 8 heteroatoms. The molecule has 4 fully saturated rings. The van der Waals surface area contributed by atoms with E-state index in [4.69, 9.17) is 9.47 Å². The Bertz CT molecular complexity index is 1420. The molecule has 8 nitrogen and oxygen atoms in total. The number of carbonyl (C=O) groups excluding carboxylic acids is 3. The normalized spacial score (nSPS) is 37.0. The predicted octanol–water partition coefficient (Wildman–Crippen LogP) is 4.49. The Morgan fingerprint density at radius 1 is 1.16 bits per heavy atom. The number of amides is 2. The Kier molecular flexibility index (Phi) is 7.52. The second kappa shape index (κ2) is 11.1. The lowest BCUT2D eigenvalue weighted by atomic mass is 9.45. The number of nitrogens with zero attached hydrogens (tertiary/aromatic N) is 1. The van der Waals surface area contributed by atoms with Crippen molar-refractivity contribution in [3.63, 3.8) is 0 Å². The molecule has 4 aliphatic carbocycles. The fraction of sp³-hybridized carbons (Fsp3) is 0.639. The molecule has 1 aromatic carbocycles. The summed E-state index contributed by atoms with van der Waals surface area (Å²) in [5.74, 6) is 1.75. The van der Waals surface area contributed by atoms with Gasteiger partial charge in [0.1, 0.15) is 5.75 Å². The molecule has 2 heterocycles. The van der Waals surface area contributed by atoms with Crippen molar-refractivity contribution in [1.29, 1.82) is 0 Å². The summed E-state index contributed by atoms with van der Waals surface area (Å²) in [7, 11) is 0. The number of likely N-dealkylation sites (tertiary alicyclic amines) is 1. The maximum absolute atomic E-state index is 14.1. The van der Waals surface area contributed by atoms with Crippen LogP contribution in [0.2, 0.25) is 0 Å². The number of hydrogen-bond donors (Lipinski definition) is 2. The number of benzene rings is 1. The van der Waals surface area contributed by atoms with Gasteiger partial charge in [0.15, 0.2) is 12.4 Å². The highest BCUT2D eigenvalue weighted by Crippen LogP contribution is 2.71. The molecule has 0 bridgehead atoms. The quantitative estimate of drug-likeness (QED) is 0.425. The number of aliphatic hydroxyl groups is 1. The summed E-state index contributed by atoms with van der Waals surface area (Å²) in [5, 5.41) is 14.7. The summed E-state index contributed by atoms with van der Waals surface area (Å²) >= 11 is 0. The number of ketones is 1. The van der Waals surface area contributed by atoms with Crippen LogP contribution in [0.3, 0.4) is 0 Å². The van der Waals surface area contributed by atoms with Crippen molar-refractivity contribution < 1.29 is 29.0 Å². The molecule has 6 aliphatic rings. The third-order valence-electron chi connectivity index (χ3n) is 12.6. The fourth-order valence-electron chi connectivity index (χ4n) is 10.4. The summed E-state index contributed by atoms with van der Waals surface area (Å²) in [6, 6.07) is 5.81. The summed E-state index contributed by atoms with van der Waals surface area (Å²) in [4.78, 5) is 40.7. The largest absolute Gasteiger partial charge is 0.483 e. The molecule has 2 N–H and O–H groups in total. The summed E-state index contributed by atoms with van der Waals surface area (Å²) in [5.41, 5.74) is 2.41. The Morgan fingerprint density at radius 2 is 2.02 bits per heavy atom. The topological polar surface area (TPSA) is 105 Å². The second-order valence-electron chi connectivity index (χ2n) is 14.6. The molecular formula is C36H46N2O6. The van der Waals surface area contributed by atoms with Crippen molar-refractivity contribution in [2.24, 2.45) is 34.0 Å². The van der Waals surface area contributed by atoms with Gasteiger partial charge in [-0.15, -0.1) is 0 Å². The lowest BCUT2D eigenvalue weighted by Gasteiger charge is -2.60. The lowest BCUT2D eigenvalue weighted by Crippen LogP contribution is -2.58. The third-order valence-corrected chi connectivity index (χ3v) is 12.6. The van der Waals surface area contributed by atoms with E-state index in [1.807, 2.05) is 23.1 Å². The Labute approximate surface area is 260 Å². The summed E-state index contributed by atoms with van der Waals surface area (Å²) < 4.78 is 11.2. The Hall–Kier alpha value is -2.97. The molecule has 6 unspecified atom stereocenters. The lowest BCUT2D eigenvalue weighted by molar-refractivity contribution is -0.158. The van der Waals surface area contributed by atoms with Gasteiger partial charge in [-0.25, -0.2) is 0 Å². The van der Waals surface area contributed by atoms with E-state index in [1.54, 1.807) is 12.2 Å². The van der Waals surface area contributed by atoms with Crippen LogP contribution in [-0.4, -0.2) is 59.9 Å². The van der Waals surface area contributed by atoms with E-state index in [1.165, 1.54) is 5.57 Å². The number of allylic oxidation sites excluding steroid dienone is 4. The maximum Gasteiger partial charge on any atom is 0.257 e. The summed E-state index contributed by atoms with van der Waals surface area (Å²) in [6.45, 7) is 7.60. The first-order chi connectivity index (χ1) is 21.2. The molecule has 3 saturated carbocycles. The molecule has 236 valence electrons. The van der Waals surface area contributed by atoms with Crippen LogP contribution in [0.15, 0.2) is 42.0 Å². The monoisotopic (exact) mass is 602 g/mol. The molecule has 1 saturated heterocycles. The van der Waals surface area contributed by atoms with Gasteiger partial charge in [-0.2, -0.15) is 0 Å². The minimum absolute atomic E-state index is 0.0256. The van der Waals surface area contributed by atoms with E-state index in [2.05, 4.69) is 25.2 Å². The van der Waals surface area contributed by atoms with Gasteiger partial charge in [0, 0.05) is 36.5 Å². The molecule has 7 atom stereocenters. The van der Waals surface area contributed by atoms with E-state index in [9.17, 15) is 19.5 Å². The number of hydrogen-bond acceptors (Lipinski definition) is 6. The number of ether oxygens (including phenoxy) is 2. The van der Waals surface area contributed by atoms with E-state index in [0.717, 1.165) is 62.6 Å². The number of carbonyl (C=O) groups is 3. The smallest absolute Gasteiger partial charge is 0.257 e. The van der Waals surface area contributed by atoms with E-state index in [0.29, 0.717) is 50.3 Å². The van der Waals surface area contributed by atoms with Crippen molar-refractivity contribution in [1.82, 2.24) is 10.2 Å². The zero-order valence-corrected chi connectivity index (χ0v) is 26.1. The average Bonchev–Trinajstić information content (AvgIpc) is 3.69. The first-order valence-corrected chi connectivity index (χ1v) is 16.7. The molecule has 44 heavy (non-hydrogen) atoms. The highest BCUT2D eigenvalue weighted by Gasteiger charge is 2.70. The molecule has 0 radical (unpaired) electrons. The highest BCUT2D eigenvalue weighted by atomic mass is 16.5. The number of rotatable bonds is 8. The van der Waals surface area contributed by atoms with Gasteiger partial charge in [-0.3, -0.25) is 14.4 Å². The molecule has 1 spiro atoms. The van der Waals surface area contributed by atoms with Gasteiger partial charge in [0.2, 0.25) is 5.91 Å². The van der Waals surface area contributed by atoms with Crippen LogP contribution in [0.1, 0.15) is 76.3 Å². The van der Waals surface area contributed by atoms with Crippen LogP contribution >= 0.6 is 0 Å². The first kappa shape index (κ1) is 29.7. The minimum Gasteiger partial charge on any atom is -0.483 e. The van der Waals surface area contributed by atoms with Crippen LogP contribution in [0.4, 0.5) is 0 Å². The first-order valence-electron chi connectivity index (χ1n) is 16.7. The number of unbranched alkanes of at least 4 members (excludes halogenated alkanes) is 1. The second-order valence-corrected chi connectivity index (χ2v) is 14.6. The van der Waals surface area contributed by atoms with E-state index < -0.39 is 11.5 Å². The number of aliphatic hydroxyl groups excluding tert-OH is 1. The number of nitrogens with one attached hydrogen (secondary N) is 1. The van der Waals surface area contributed by atoms with Crippen molar-refractivity contribution in [2.75, 3.05) is 26.2 Å². The molecule has 1 aromatic rings. The highest BCUT2D eigenvalue weighted by molar-refractivity contribution is 6.01. The maximum atomic E-state index is 14.1. The van der Waals surface area contributed by atoms with Gasteiger partial charge in [0.05, 0.1) is 24.7 Å². The van der Waals surface area contributed by atoms with Crippen LogP contribution in [0.25, 0.3) is 0 Å². The van der Waals surface area contributed by atoms with Crippen molar-refractivity contribution >= 4 is 17.6 Å². The van der Waals surface area contributed by atoms with Crippen LogP contribution in [0.5, 0.6) is 5.75 Å². The summed E-state index contributed by atoms with van der Waals surface area (Å²) in [6.07, 6.45) is 12.0. The molecule has 2 aliphatic heterocycles. The van der Waals surface area contributed by atoms with Crippen LogP contribution in [0, 0.1) is 34.0 Å². The van der Waals surface area contributed by atoms with Crippen LogP contribution < -0.4 is 10.1 Å². The minimum atomic E-state index is -0.492. The van der Waals surface area contributed by atoms with Crippen molar-refractivity contribution in [3.05, 3.63) is 53.1 Å². The molecular weight excluding hydrogens is 556 g/mol. The van der Waals surface area contributed by atoms with Gasteiger partial charge >= 0.3 is 0 Å². The van der Waals surface area contributed by atoms with Crippen molar-refractivity contribution in [2.45, 2.75) is 84.5 Å². The van der Waals surface area contributed by atoms with E-state index >= 15 is 0 Å². The molecule has 7 rings (SSSR count). The molecule has 2 amide bonds. The molecule has 0 aromatic heterocycles. The fourth-order valence-corrected chi connectivity index (χ4v) is 10.4. The van der Waals surface area contributed by atoms with Gasteiger partial charge < -0.3 is 24.8 Å². The number of fused-ring (bicyclic) bond motifs is 7. The predicted molar refractivity (Wildman–Crippen MR) is 164 cm³/mol. The van der Waals surface area contributed by atoms with Crippen LogP contribution in [-0.2, 0) is 32.3 Å². The average molecular weight is 603 g/mol. The zero-order chi connectivity index (χ0) is 30.7.